The Morgan fingerprint density at radius 3 is 2.60 bits per heavy atom. The Kier molecular flexibility index (Phi) is 3.25. The molecule has 0 N–H and O–H groups in total. The zero-order valence-corrected chi connectivity index (χ0v) is 9.11. The molecule has 0 spiro atoms. The van der Waals surface area contributed by atoms with Gasteiger partial charge in [0, 0.05) is 11.3 Å². The molecule has 0 bridgehead atoms. The normalized spacial score (nSPS) is 26.6. The first-order valence-corrected chi connectivity index (χ1v) is 5.72. The molecule has 1 aliphatic carbocycles. The first kappa shape index (κ1) is 10.9. The molecular formula is C12H13ClF2. The number of hydrogen-bond donors (Lipinski definition) is 0. The lowest BCUT2D eigenvalue weighted by Crippen LogP contribution is -2.19. The minimum atomic E-state index is -0.776. The van der Waals surface area contributed by atoms with Crippen LogP contribution in [0.4, 0.5) is 8.78 Å². The molecule has 0 nitrogen and oxygen atoms in total. The van der Waals surface area contributed by atoms with Gasteiger partial charge in [-0.3, -0.25) is 0 Å². The van der Waals surface area contributed by atoms with Crippen molar-refractivity contribution in [3.63, 3.8) is 0 Å². The van der Waals surface area contributed by atoms with E-state index in [0.717, 1.165) is 31.7 Å². The maximum Gasteiger partial charge on any atom is 0.162 e. The van der Waals surface area contributed by atoms with Crippen LogP contribution >= 0.6 is 11.6 Å². The lowest BCUT2D eigenvalue weighted by molar-refractivity contribution is 0.422. The van der Waals surface area contributed by atoms with E-state index >= 15 is 0 Å². The van der Waals surface area contributed by atoms with Crippen LogP contribution in [0.3, 0.4) is 0 Å². The molecule has 3 heteroatoms. The Morgan fingerprint density at radius 1 is 1.13 bits per heavy atom. The van der Waals surface area contributed by atoms with Gasteiger partial charge in [-0.15, -0.1) is 11.6 Å². The van der Waals surface area contributed by atoms with Crippen LogP contribution in [0.2, 0.25) is 0 Å². The number of hydrogen-bond acceptors (Lipinski definition) is 0. The van der Waals surface area contributed by atoms with E-state index in [-0.39, 0.29) is 11.3 Å². The molecule has 0 aliphatic heterocycles. The molecule has 0 aromatic heterocycles. The van der Waals surface area contributed by atoms with E-state index in [1.807, 2.05) is 0 Å². The van der Waals surface area contributed by atoms with Crippen LogP contribution in [-0.2, 0) is 0 Å². The van der Waals surface area contributed by atoms with Crippen LogP contribution in [-0.4, -0.2) is 5.38 Å². The first-order valence-electron chi connectivity index (χ1n) is 5.28. The van der Waals surface area contributed by atoms with Gasteiger partial charge in [-0.1, -0.05) is 25.0 Å². The number of alkyl halides is 1. The van der Waals surface area contributed by atoms with Gasteiger partial charge in [-0.25, -0.2) is 8.78 Å². The Hall–Kier alpha value is -0.630. The molecule has 15 heavy (non-hydrogen) atoms. The van der Waals surface area contributed by atoms with Gasteiger partial charge in [0.2, 0.25) is 0 Å². The number of benzene rings is 1. The van der Waals surface area contributed by atoms with Crippen molar-refractivity contribution >= 4 is 11.6 Å². The number of rotatable bonds is 1. The van der Waals surface area contributed by atoms with E-state index in [1.165, 1.54) is 0 Å². The molecule has 1 aliphatic rings. The quantitative estimate of drug-likeness (QED) is 0.634. The SMILES string of the molecule is Fc1cccc(C2CCCCC2Cl)c1F. The standard InChI is InChI=1S/C12H13ClF2/c13-10-6-2-1-4-8(10)9-5-3-7-11(14)12(9)15/h3,5,7-8,10H,1-2,4,6H2. The third-order valence-corrected chi connectivity index (χ3v) is 3.58. The molecule has 0 saturated heterocycles. The fourth-order valence-electron chi connectivity index (χ4n) is 2.24. The van der Waals surface area contributed by atoms with Crippen molar-refractivity contribution < 1.29 is 8.78 Å². The topological polar surface area (TPSA) is 0 Å². The first-order chi connectivity index (χ1) is 7.20. The summed E-state index contributed by atoms with van der Waals surface area (Å²) >= 11 is 6.15. The molecule has 0 heterocycles. The molecule has 1 aromatic rings. The predicted octanol–water partition coefficient (Wildman–Crippen LogP) is 4.23. The average molecular weight is 231 g/mol. The highest BCUT2D eigenvalue weighted by Crippen LogP contribution is 2.37. The maximum atomic E-state index is 13.5. The van der Waals surface area contributed by atoms with Gasteiger partial charge >= 0.3 is 0 Å². The summed E-state index contributed by atoms with van der Waals surface area (Å²) in [5.74, 6) is -1.53. The van der Waals surface area contributed by atoms with Crippen molar-refractivity contribution in [1.82, 2.24) is 0 Å². The lowest BCUT2D eigenvalue weighted by Gasteiger charge is -2.27. The monoisotopic (exact) mass is 230 g/mol. The zero-order chi connectivity index (χ0) is 10.8. The second-order valence-corrected chi connectivity index (χ2v) is 4.61. The molecule has 2 unspecified atom stereocenters. The molecule has 0 radical (unpaired) electrons. The van der Waals surface area contributed by atoms with Gasteiger partial charge in [-0.05, 0) is 24.5 Å². The highest BCUT2D eigenvalue weighted by Gasteiger charge is 2.27. The van der Waals surface area contributed by atoms with Crippen LogP contribution in [0.25, 0.3) is 0 Å². The van der Waals surface area contributed by atoms with Crippen LogP contribution in [0, 0.1) is 11.6 Å². The lowest BCUT2D eigenvalue weighted by atomic mass is 9.83. The molecule has 1 fully saturated rings. The zero-order valence-electron chi connectivity index (χ0n) is 8.35. The number of halogens is 3. The van der Waals surface area contributed by atoms with E-state index in [9.17, 15) is 8.78 Å². The summed E-state index contributed by atoms with van der Waals surface area (Å²) in [5, 5.41) is -0.0601. The molecule has 2 rings (SSSR count). The van der Waals surface area contributed by atoms with Crippen molar-refractivity contribution in [2.24, 2.45) is 0 Å². The van der Waals surface area contributed by atoms with Gasteiger partial charge in [0.25, 0.3) is 0 Å². The van der Waals surface area contributed by atoms with Gasteiger partial charge in [-0.2, -0.15) is 0 Å². The minimum Gasteiger partial charge on any atom is -0.204 e. The molecule has 0 amide bonds. The van der Waals surface area contributed by atoms with Crippen molar-refractivity contribution in [3.05, 3.63) is 35.4 Å². The highest BCUT2D eigenvalue weighted by molar-refractivity contribution is 6.21. The largest absolute Gasteiger partial charge is 0.204 e. The van der Waals surface area contributed by atoms with E-state index in [0.29, 0.717) is 5.56 Å². The third-order valence-electron chi connectivity index (χ3n) is 3.06. The molecule has 1 aromatic carbocycles. The molecule has 1 saturated carbocycles. The Balaban J connectivity index is 2.31. The summed E-state index contributed by atoms with van der Waals surface area (Å²) in [6.07, 6.45) is 3.88. The van der Waals surface area contributed by atoms with Crippen molar-refractivity contribution in [3.8, 4) is 0 Å². The smallest absolute Gasteiger partial charge is 0.162 e. The van der Waals surface area contributed by atoms with Crippen LogP contribution < -0.4 is 0 Å². The fourth-order valence-corrected chi connectivity index (χ4v) is 2.66. The van der Waals surface area contributed by atoms with Crippen LogP contribution in [0.15, 0.2) is 18.2 Å². The van der Waals surface area contributed by atoms with Crippen molar-refractivity contribution in [1.29, 1.82) is 0 Å². The van der Waals surface area contributed by atoms with Gasteiger partial charge in [0.1, 0.15) is 0 Å². The summed E-state index contributed by atoms with van der Waals surface area (Å²) in [4.78, 5) is 0. The average Bonchev–Trinajstić information content (AvgIpc) is 2.23. The summed E-state index contributed by atoms with van der Waals surface area (Å²) in [7, 11) is 0. The minimum absolute atomic E-state index is 0.0314. The molecular weight excluding hydrogens is 218 g/mol. The Labute approximate surface area is 93.2 Å². The Bertz CT molecular complexity index is 351. The van der Waals surface area contributed by atoms with Gasteiger partial charge < -0.3 is 0 Å². The molecule has 2 atom stereocenters. The summed E-state index contributed by atoms with van der Waals surface area (Å²) in [6.45, 7) is 0. The van der Waals surface area contributed by atoms with E-state index in [2.05, 4.69) is 0 Å². The predicted molar refractivity (Wildman–Crippen MR) is 57.2 cm³/mol. The van der Waals surface area contributed by atoms with Gasteiger partial charge in [0.05, 0.1) is 0 Å². The van der Waals surface area contributed by atoms with Crippen molar-refractivity contribution in [2.45, 2.75) is 37.0 Å². The van der Waals surface area contributed by atoms with Crippen LogP contribution in [0.1, 0.15) is 37.2 Å². The highest BCUT2D eigenvalue weighted by atomic mass is 35.5. The van der Waals surface area contributed by atoms with Gasteiger partial charge in [0.15, 0.2) is 11.6 Å². The second kappa shape index (κ2) is 4.48. The van der Waals surface area contributed by atoms with E-state index < -0.39 is 11.6 Å². The summed E-state index contributed by atoms with van der Waals surface area (Å²) in [6, 6.07) is 4.33. The third kappa shape index (κ3) is 2.15. The summed E-state index contributed by atoms with van der Waals surface area (Å²) in [5.41, 5.74) is 0.440. The molecule has 82 valence electrons. The Morgan fingerprint density at radius 2 is 1.87 bits per heavy atom. The summed E-state index contributed by atoms with van der Waals surface area (Å²) < 4.78 is 26.6. The second-order valence-electron chi connectivity index (χ2n) is 4.05. The van der Waals surface area contributed by atoms with Crippen molar-refractivity contribution in [2.75, 3.05) is 0 Å². The van der Waals surface area contributed by atoms with E-state index in [4.69, 9.17) is 11.6 Å². The fraction of sp³-hybridized carbons (Fsp3) is 0.500. The van der Waals surface area contributed by atoms with E-state index in [1.54, 1.807) is 12.1 Å². The maximum absolute atomic E-state index is 13.5. The van der Waals surface area contributed by atoms with Crippen LogP contribution in [0.5, 0.6) is 0 Å².